The van der Waals surface area contributed by atoms with Crippen molar-refractivity contribution in [3.63, 3.8) is 0 Å². The zero-order valence-electron chi connectivity index (χ0n) is 19.9. The summed E-state index contributed by atoms with van der Waals surface area (Å²) < 4.78 is 46.7. The van der Waals surface area contributed by atoms with Gasteiger partial charge in [0, 0.05) is 17.9 Å². The number of pyridine rings is 1. The number of carbonyl (C=O) groups is 1. The van der Waals surface area contributed by atoms with Gasteiger partial charge in [0.1, 0.15) is 17.3 Å². The minimum Gasteiger partial charge on any atom is -0.477 e. The van der Waals surface area contributed by atoms with E-state index in [0.717, 1.165) is 31.4 Å². The van der Waals surface area contributed by atoms with E-state index in [0.29, 0.717) is 11.1 Å². The maximum Gasteiger partial charge on any atom is 0.543 e. The van der Waals surface area contributed by atoms with Gasteiger partial charge in [-0.2, -0.15) is 0 Å². The molecule has 0 saturated heterocycles. The smallest absolute Gasteiger partial charge is 0.477 e. The van der Waals surface area contributed by atoms with Crippen LogP contribution >= 0.6 is 8.03 Å². The average molecular weight is 512 g/mol. The minimum atomic E-state index is -3.16. The third kappa shape index (κ3) is 5.19. The predicted molar refractivity (Wildman–Crippen MR) is 131 cm³/mol. The van der Waals surface area contributed by atoms with Gasteiger partial charge in [0.25, 0.3) is 0 Å². The summed E-state index contributed by atoms with van der Waals surface area (Å²) in [6.07, 6.45) is -0.482. The van der Waals surface area contributed by atoms with E-state index in [9.17, 15) is 28.4 Å². The molecule has 36 heavy (non-hydrogen) atoms. The van der Waals surface area contributed by atoms with Gasteiger partial charge in [0.05, 0.1) is 12.8 Å². The number of benzene rings is 2. The number of hydrogen-bond acceptors (Lipinski definition) is 5. The molecule has 0 aliphatic heterocycles. The molecule has 0 aliphatic carbocycles. The Bertz CT molecular complexity index is 1320. The number of carboxylic acids is 1. The number of carboxylic acid groups (broad SMARTS) is 1. The molecule has 1 heterocycles. The molecule has 2 aromatic carbocycles. The van der Waals surface area contributed by atoms with Crippen LogP contribution in [0.15, 0.2) is 66.7 Å². The Kier molecular flexibility index (Phi) is 8.31. The molecule has 0 amide bonds. The maximum absolute atomic E-state index is 14.8. The Morgan fingerprint density at radius 3 is 2.28 bits per heavy atom. The van der Waals surface area contributed by atoms with Crippen molar-refractivity contribution >= 4 is 14.0 Å². The van der Waals surface area contributed by atoms with Crippen molar-refractivity contribution in [1.82, 2.24) is 4.98 Å². The van der Waals surface area contributed by atoms with Crippen molar-refractivity contribution in [2.75, 3.05) is 7.11 Å². The summed E-state index contributed by atoms with van der Waals surface area (Å²) in [5.74, 6) is 1.90. The summed E-state index contributed by atoms with van der Waals surface area (Å²) in [5, 5.41) is 19.9. The molecular weight excluding hydrogens is 487 g/mol. The second-order valence-corrected chi connectivity index (χ2v) is 9.99. The first-order chi connectivity index (χ1) is 17.0. The number of rotatable bonds is 8. The van der Waals surface area contributed by atoms with Crippen LogP contribution in [0.4, 0.5) is 8.78 Å². The summed E-state index contributed by atoms with van der Waals surface area (Å²) in [7, 11) is -2.12. The highest BCUT2D eigenvalue weighted by atomic mass is 31.1. The third-order valence-electron chi connectivity index (χ3n) is 5.58. The first-order valence-corrected chi connectivity index (χ1v) is 12.2. The Morgan fingerprint density at radius 1 is 1.08 bits per heavy atom. The molecule has 0 bridgehead atoms. The summed E-state index contributed by atoms with van der Waals surface area (Å²) in [4.78, 5) is 17.1. The Hall–Kier alpha value is -3.50. The lowest BCUT2D eigenvalue weighted by Gasteiger charge is -2.33. The molecule has 9 heteroatoms. The van der Waals surface area contributed by atoms with E-state index in [1.165, 1.54) is 12.1 Å². The van der Waals surface area contributed by atoms with Gasteiger partial charge in [0.15, 0.2) is 5.60 Å². The number of halogens is 2. The molecule has 2 N–H and O–H groups in total. The van der Waals surface area contributed by atoms with Crippen LogP contribution in [-0.2, 0) is 25.9 Å². The van der Waals surface area contributed by atoms with Gasteiger partial charge >= 0.3 is 19.2 Å². The molecule has 0 aliphatic rings. The zero-order valence-corrected chi connectivity index (χ0v) is 20.8. The topological polar surface area (TPSA) is 96.7 Å². The molecule has 3 unspecified atom stereocenters. The third-order valence-corrected chi connectivity index (χ3v) is 7.13. The number of nitrogens with zero attached hydrogens (tertiary/aromatic N) is 1. The van der Waals surface area contributed by atoms with Gasteiger partial charge in [-0.1, -0.05) is 62.2 Å². The van der Waals surface area contributed by atoms with Crippen molar-refractivity contribution in [3.05, 3.63) is 89.6 Å². The molecule has 1 aromatic heterocycles. The molecule has 0 spiro atoms. The largest absolute Gasteiger partial charge is 0.543 e. The predicted octanol–water partition coefficient (Wildman–Crippen LogP) is 5.33. The lowest BCUT2D eigenvalue weighted by atomic mass is 9.78. The summed E-state index contributed by atoms with van der Waals surface area (Å²) in [5.41, 5.74) is -2.32. The number of aliphatic hydroxyl groups is 1. The first-order valence-electron chi connectivity index (χ1n) is 11.0. The van der Waals surface area contributed by atoms with Crippen molar-refractivity contribution in [2.24, 2.45) is 5.92 Å². The monoisotopic (exact) mass is 512 g/mol. The average Bonchev–Trinajstić information content (AvgIpc) is 2.86. The van der Waals surface area contributed by atoms with Gasteiger partial charge in [-0.15, -0.1) is 4.52 Å². The van der Waals surface area contributed by atoms with Crippen LogP contribution in [0, 0.1) is 29.4 Å². The van der Waals surface area contributed by atoms with E-state index in [1.807, 2.05) is 0 Å². The highest BCUT2D eigenvalue weighted by Gasteiger charge is 2.73. The zero-order chi connectivity index (χ0) is 26.5. The van der Waals surface area contributed by atoms with Gasteiger partial charge < -0.3 is 10.2 Å². The lowest BCUT2D eigenvalue weighted by molar-refractivity contribution is -0.146. The molecular formula is C27H25F2NO5P+. The normalized spacial score (nSPS) is 14.8. The second-order valence-electron chi connectivity index (χ2n) is 8.44. The summed E-state index contributed by atoms with van der Waals surface area (Å²) >= 11 is 0. The van der Waals surface area contributed by atoms with Gasteiger partial charge in [-0.05, 0) is 40.3 Å². The molecule has 3 aromatic rings. The second kappa shape index (κ2) is 11.0. The standard InChI is InChI=1S/C27H24F2NO5P/c1-18(2)15-16-27(25(31)32,36(34)35-3)26(33,17-19-9-11-21(28)12-10-19)23-14-13-22(29)24(30-23)20-7-5-4-6-8-20/h4-14,18,33H,17H2,1-3H3/p+1. The van der Waals surface area contributed by atoms with E-state index >= 15 is 0 Å². The Morgan fingerprint density at radius 2 is 1.72 bits per heavy atom. The van der Waals surface area contributed by atoms with Crippen LogP contribution in [0.5, 0.6) is 0 Å². The van der Waals surface area contributed by atoms with E-state index in [2.05, 4.69) is 16.8 Å². The van der Waals surface area contributed by atoms with Crippen LogP contribution in [0.2, 0.25) is 0 Å². The first kappa shape index (κ1) is 27.1. The molecule has 186 valence electrons. The van der Waals surface area contributed by atoms with E-state index in [4.69, 9.17) is 4.52 Å². The summed E-state index contributed by atoms with van der Waals surface area (Å²) in [6, 6.07) is 15.4. The van der Waals surface area contributed by atoms with Crippen LogP contribution in [-0.4, -0.2) is 33.4 Å². The fraction of sp³-hybridized carbons (Fsp3) is 0.259. The molecule has 3 atom stereocenters. The van der Waals surface area contributed by atoms with Gasteiger partial charge in [-0.25, -0.2) is 18.6 Å². The van der Waals surface area contributed by atoms with Crippen molar-refractivity contribution in [3.8, 4) is 23.1 Å². The molecule has 0 radical (unpaired) electrons. The number of hydrogen-bond donors (Lipinski definition) is 2. The van der Waals surface area contributed by atoms with E-state index < -0.39 is 42.8 Å². The van der Waals surface area contributed by atoms with Gasteiger partial charge in [0.2, 0.25) is 0 Å². The quantitative estimate of drug-likeness (QED) is 0.313. The number of aromatic nitrogens is 1. The SMILES string of the molecule is CO[P+](=O)C(C#CC(C)C)(C(=O)O)C(O)(Cc1ccc(F)cc1)c1ccc(F)c(-c2ccccc2)n1. The van der Waals surface area contributed by atoms with Crippen LogP contribution in [0.3, 0.4) is 0 Å². The van der Waals surface area contributed by atoms with Crippen molar-refractivity contribution in [2.45, 2.75) is 31.0 Å². The fourth-order valence-electron chi connectivity index (χ4n) is 3.77. The highest BCUT2D eigenvalue weighted by molar-refractivity contribution is 7.43. The van der Waals surface area contributed by atoms with Crippen molar-refractivity contribution in [1.29, 1.82) is 0 Å². The Balaban J connectivity index is 2.39. The Labute approximate surface area is 208 Å². The number of aliphatic carboxylic acids is 1. The van der Waals surface area contributed by atoms with Crippen LogP contribution < -0.4 is 0 Å². The molecule has 3 rings (SSSR count). The van der Waals surface area contributed by atoms with Gasteiger partial charge in [-0.3, -0.25) is 0 Å². The summed E-state index contributed by atoms with van der Waals surface area (Å²) in [6.45, 7) is 3.39. The molecule has 0 saturated carbocycles. The van der Waals surface area contributed by atoms with Crippen LogP contribution in [0.1, 0.15) is 25.1 Å². The molecule has 6 nitrogen and oxygen atoms in total. The fourth-order valence-corrected chi connectivity index (χ4v) is 4.85. The highest BCUT2D eigenvalue weighted by Crippen LogP contribution is 2.53. The van der Waals surface area contributed by atoms with E-state index in [1.54, 1.807) is 44.2 Å². The molecule has 0 fully saturated rings. The van der Waals surface area contributed by atoms with E-state index in [-0.39, 0.29) is 17.3 Å². The van der Waals surface area contributed by atoms with Crippen molar-refractivity contribution < 1.29 is 32.9 Å². The lowest BCUT2D eigenvalue weighted by Crippen LogP contribution is -2.56. The van der Waals surface area contributed by atoms with Crippen LogP contribution in [0.25, 0.3) is 11.3 Å². The maximum atomic E-state index is 14.8. The minimum absolute atomic E-state index is 0.144.